The third-order valence-electron chi connectivity index (χ3n) is 8.50. The van der Waals surface area contributed by atoms with Gasteiger partial charge < -0.3 is 14.5 Å². The van der Waals surface area contributed by atoms with Gasteiger partial charge in [0, 0.05) is 32.2 Å². The second-order valence-corrected chi connectivity index (χ2v) is 11.6. The first-order valence-corrected chi connectivity index (χ1v) is 14.8. The van der Waals surface area contributed by atoms with Crippen LogP contribution in [0, 0.1) is 0 Å². The second kappa shape index (κ2) is 13.0. The number of ether oxygens (including phenoxy) is 1. The van der Waals surface area contributed by atoms with Crippen molar-refractivity contribution in [1.29, 1.82) is 0 Å². The lowest BCUT2D eigenvalue weighted by Gasteiger charge is -2.43. The molecule has 0 N–H and O–H groups in total. The van der Waals surface area contributed by atoms with E-state index < -0.39 is 5.41 Å². The van der Waals surface area contributed by atoms with Crippen LogP contribution < -0.4 is 0 Å². The van der Waals surface area contributed by atoms with Crippen molar-refractivity contribution in [2.45, 2.75) is 36.9 Å². The molecule has 4 aromatic carbocycles. The van der Waals surface area contributed by atoms with Crippen LogP contribution in [0.3, 0.4) is 0 Å². The summed E-state index contributed by atoms with van der Waals surface area (Å²) in [4.78, 5) is 18.3. The minimum absolute atomic E-state index is 0.105. The van der Waals surface area contributed by atoms with Gasteiger partial charge in [0.2, 0.25) is 5.91 Å². The summed E-state index contributed by atoms with van der Waals surface area (Å²) in [6.07, 6.45) is 2.43. The van der Waals surface area contributed by atoms with E-state index in [9.17, 15) is 4.79 Å². The number of amides is 1. The van der Waals surface area contributed by atoms with Gasteiger partial charge in [0.15, 0.2) is 0 Å². The van der Waals surface area contributed by atoms with Gasteiger partial charge in [-0.3, -0.25) is 4.79 Å². The molecule has 1 saturated heterocycles. The Hall–Kier alpha value is -3.44. The van der Waals surface area contributed by atoms with Crippen molar-refractivity contribution in [1.82, 2.24) is 9.80 Å². The number of hydrogen-bond acceptors (Lipinski definition) is 3. The van der Waals surface area contributed by atoms with Crippen LogP contribution in [0.5, 0.6) is 0 Å². The molecule has 0 unspecified atom stereocenters. The van der Waals surface area contributed by atoms with Crippen LogP contribution in [0.25, 0.3) is 0 Å². The number of likely N-dealkylation sites (tertiary alicyclic amines) is 1. The Morgan fingerprint density at radius 2 is 1.32 bits per heavy atom. The summed E-state index contributed by atoms with van der Waals surface area (Å²) in [5.41, 5.74) is 3.25. The molecule has 4 aromatic rings. The summed E-state index contributed by atoms with van der Waals surface area (Å²) in [6.45, 7) is 3.13. The maximum absolute atomic E-state index is 14.1. The molecular formula is C36H39ClN2O2. The minimum Gasteiger partial charge on any atom is -0.366 e. The van der Waals surface area contributed by atoms with E-state index in [2.05, 4.69) is 65.6 Å². The van der Waals surface area contributed by atoms with Gasteiger partial charge in [0.05, 0.1) is 12.2 Å². The molecule has 1 aliphatic heterocycles. The predicted molar refractivity (Wildman–Crippen MR) is 167 cm³/mol. The zero-order chi connectivity index (χ0) is 28.7. The highest BCUT2D eigenvalue weighted by Crippen LogP contribution is 2.41. The molecule has 212 valence electrons. The first kappa shape index (κ1) is 29.1. The summed E-state index contributed by atoms with van der Waals surface area (Å²) in [5.74, 6) is 0.105. The molecular weight excluding hydrogens is 528 g/mol. The van der Waals surface area contributed by atoms with Gasteiger partial charge in [-0.1, -0.05) is 115 Å². The summed E-state index contributed by atoms with van der Waals surface area (Å²) in [7, 11) is 3.71. The highest BCUT2D eigenvalue weighted by atomic mass is 35.5. The van der Waals surface area contributed by atoms with Crippen LogP contribution in [-0.2, 0) is 27.2 Å². The van der Waals surface area contributed by atoms with Crippen LogP contribution in [-0.4, -0.2) is 49.4 Å². The van der Waals surface area contributed by atoms with Crippen molar-refractivity contribution < 1.29 is 9.53 Å². The Balaban J connectivity index is 1.38. The van der Waals surface area contributed by atoms with Gasteiger partial charge in [0.25, 0.3) is 0 Å². The minimum atomic E-state index is -0.763. The van der Waals surface area contributed by atoms with E-state index in [0.717, 1.165) is 48.6 Å². The molecule has 0 spiro atoms. The molecule has 41 heavy (non-hydrogen) atoms. The summed E-state index contributed by atoms with van der Waals surface area (Å²) < 4.78 is 6.75. The smallest absolute Gasteiger partial charge is 0.237 e. The fourth-order valence-corrected chi connectivity index (χ4v) is 6.29. The third kappa shape index (κ3) is 6.41. The average Bonchev–Trinajstić information content (AvgIpc) is 3.03. The van der Waals surface area contributed by atoms with Gasteiger partial charge in [0.1, 0.15) is 5.41 Å². The number of benzene rings is 4. The van der Waals surface area contributed by atoms with Crippen molar-refractivity contribution in [2.24, 2.45) is 0 Å². The SMILES string of the molecule is CN(C)C(=O)C(CCN1CCC(OCc2ccccc2)(c2ccc(Cl)cc2)CC1)(c1ccccc1)c1ccccc1. The van der Waals surface area contributed by atoms with E-state index in [0.29, 0.717) is 13.0 Å². The molecule has 5 heteroatoms. The quantitative estimate of drug-likeness (QED) is 0.202. The van der Waals surface area contributed by atoms with Crippen molar-refractivity contribution in [3.05, 3.63) is 143 Å². The normalized spacial score (nSPS) is 15.4. The zero-order valence-electron chi connectivity index (χ0n) is 24.0. The fraction of sp³-hybridized carbons (Fsp3) is 0.306. The van der Waals surface area contributed by atoms with Crippen molar-refractivity contribution in [3.63, 3.8) is 0 Å². The number of carbonyl (C=O) groups excluding carboxylic acids is 1. The van der Waals surface area contributed by atoms with Gasteiger partial charge in [-0.2, -0.15) is 0 Å². The first-order valence-electron chi connectivity index (χ1n) is 14.4. The number of halogens is 1. The Morgan fingerprint density at radius 1 is 0.805 bits per heavy atom. The number of hydrogen-bond donors (Lipinski definition) is 0. The molecule has 4 nitrogen and oxygen atoms in total. The van der Waals surface area contributed by atoms with Crippen LogP contribution in [0.4, 0.5) is 0 Å². The van der Waals surface area contributed by atoms with Gasteiger partial charge in [-0.25, -0.2) is 0 Å². The van der Waals surface area contributed by atoms with E-state index in [1.54, 1.807) is 4.90 Å². The van der Waals surface area contributed by atoms with Crippen molar-refractivity contribution in [3.8, 4) is 0 Å². The predicted octanol–water partition coefficient (Wildman–Crippen LogP) is 7.31. The molecule has 0 aromatic heterocycles. The summed E-state index contributed by atoms with van der Waals surface area (Å²) >= 11 is 6.24. The van der Waals surface area contributed by atoms with Crippen LogP contribution in [0.1, 0.15) is 41.5 Å². The maximum Gasteiger partial charge on any atom is 0.237 e. The number of nitrogens with zero attached hydrogens (tertiary/aromatic N) is 2. The first-order chi connectivity index (χ1) is 19.9. The van der Waals surface area contributed by atoms with Crippen LogP contribution in [0.15, 0.2) is 115 Å². The number of rotatable bonds is 10. The molecule has 0 bridgehead atoms. The van der Waals surface area contributed by atoms with Gasteiger partial charge in [-0.05, 0) is 60.2 Å². The monoisotopic (exact) mass is 566 g/mol. The number of piperidine rings is 1. The van der Waals surface area contributed by atoms with E-state index in [1.807, 2.05) is 68.7 Å². The maximum atomic E-state index is 14.1. The van der Waals surface area contributed by atoms with Crippen LogP contribution in [0.2, 0.25) is 5.02 Å². The molecule has 1 aliphatic rings. The Labute approximate surface area is 249 Å². The zero-order valence-corrected chi connectivity index (χ0v) is 24.8. The van der Waals surface area contributed by atoms with E-state index in [1.165, 1.54) is 11.1 Å². The lowest BCUT2D eigenvalue weighted by molar-refractivity contribution is -0.134. The molecule has 5 rings (SSSR count). The molecule has 1 fully saturated rings. The number of likely N-dealkylation sites (N-methyl/N-ethyl adjacent to an activating group) is 1. The number of carbonyl (C=O) groups is 1. The largest absolute Gasteiger partial charge is 0.366 e. The Morgan fingerprint density at radius 3 is 1.83 bits per heavy atom. The highest BCUT2D eigenvalue weighted by Gasteiger charge is 2.44. The molecule has 0 atom stereocenters. The van der Waals surface area contributed by atoms with Crippen molar-refractivity contribution >= 4 is 17.5 Å². The average molecular weight is 567 g/mol. The van der Waals surface area contributed by atoms with Crippen LogP contribution >= 0.6 is 11.6 Å². The Kier molecular flexibility index (Phi) is 9.24. The molecule has 0 radical (unpaired) electrons. The molecule has 1 heterocycles. The summed E-state index contributed by atoms with van der Waals surface area (Å²) in [5, 5.41) is 0.730. The molecule has 1 amide bonds. The fourth-order valence-electron chi connectivity index (χ4n) is 6.17. The van der Waals surface area contributed by atoms with Gasteiger partial charge in [-0.15, -0.1) is 0 Å². The molecule has 0 aliphatic carbocycles. The lowest BCUT2D eigenvalue weighted by Crippen LogP contribution is -2.49. The highest BCUT2D eigenvalue weighted by molar-refractivity contribution is 6.30. The second-order valence-electron chi connectivity index (χ2n) is 11.2. The standard InChI is InChI=1S/C36H39ClN2O2/c1-38(2)34(40)36(31-14-8-4-9-15-31,32-16-10-5-11-17-32)24-27-39-25-22-35(23-26-39,30-18-20-33(37)21-19-30)41-28-29-12-6-3-7-13-29/h3-21H,22-28H2,1-2H3. The third-order valence-corrected chi connectivity index (χ3v) is 8.75. The van der Waals surface area contributed by atoms with E-state index in [4.69, 9.17) is 16.3 Å². The van der Waals surface area contributed by atoms with E-state index in [-0.39, 0.29) is 11.5 Å². The lowest BCUT2D eigenvalue weighted by atomic mass is 9.70. The summed E-state index contributed by atoms with van der Waals surface area (Å²) in [6, 6.07) is 39.0. The van der Waals surface area contributed by atoms with E-state index >= 15 is 0 Å². The molecule has 0 saturated carbocycles. The van der Waals surface area contributed by atoms with Gasteiger partial charge >= 0.3 is 0 Å². The Bertz CT molecular complexity index is 1340. The van der Waals surface area contributed by atoms with Crippen molar-refractivity contribution in [2.75, 3.05) is 33.7 Å². The topological polar surface area (TPSA) is 32.8 Å².